The van der Waals surface area contributed by atoms with Crippen LogP contribution in [0.1, 0.15) is 17.5 Å². The molecule has 8 nitrogen and oxygen atoms in total. The zero-order chi connectivity index (χ0) is 28.2. The third-order valence-electron chi connectivity index (χ3n) is 7.46. The topological polar surface area (TPSA) is 78.7 Å². The highest BCUT2D eigenvalue weighted by atomic mass is 16.5. The third-order valence-corrected chi connectivity index (χ3v) is 7.46. The SMILES string of the molecule is COC(=O)[C@H]1CCN(c2ccc3c(-c4ccc(OCc5ccccc5)nc4OCc4ccccc4)nn(C)c3c2)C1. The van der Waals surface area contributed by atoms with Crippen molar-refractivity contribution in [3.8, 4) is 23.0 Å². The Labute approximate surface area is 239 Å². The highest BCUT2D eigenvalue weighted by Crippen LogP contribution is 2.37. The van der Waals surface area contributed by atoms with E-state index in [0.717, 1.165) is 51.9 Å². The molecule has 1 fully saturated rings. The number of carbonyl (C=O) groups excluding carboxylic acids is 1. The molecule has 0 N–H and O–H groups in total. The lowest BCUT2D eigenvalue weighted by Gasteiger charge is -2.18. The molecular weight excluding hydrogens is 516 g/mol. The lowest BCUT2D eigenvalue weighted by molar-refractivity contribution is -0.144. The van der Waals surface area contributed by atoms with Gasteiger partial charge in [-0.3, -0.25) is 9.48 Å². The van der Waals surface area contributed by atoms with Crippen molar-refractivity contribution in [2.24, 2.45) is 13.0 Å². The van der Waals surface area contributed by atoms with E-state index in [1.807, 2.05) is 84.5 Å². The van der Waals surface area contributed by atoms with E-state index in [4.69, 9.17) is 24.3 Å². The van der Waals surface area contributed by atoms with Gasteiger partial charge in [0.2, 0.25) is 11.8 Å². The molecule has 1 saturated heterocycles. The number of fused-ring (bicyclic) bond motifs is 1. The van der Waals surface area contributed by atoms with Crippen molar-refractivity contribution in [1.82, 2.24) is 14.8 Å². The van der Waals surface area contributed by atoms with Crippen LogP contribution in [0.15, 0.2) is 91.0 Å². The second-order valence-electron chi connectivity index (χ2n) is 10.2. The van der Waals surface area contributed by atoms with Gasteiger partial charge in [0.05, 0.1) is 24.1 Å². The van der Waals surface area contributed by atoms with Crippen LogP contribution in [0.25, 0.3) is 22.2 Å². The van der Waals surface area contributed by atoms with Crippen LogP contribution in [0.2, 0.25) is 0 Å². The number of anilines is 1. The number of rotatable bonds is 9. The Morgan fingerprint density at radius 2 is 1.61 bits per heavy atom. The Kier molecular flexibility index (Phi) is 7.54. The van der Waals surface area contributed by atoms with Gasteiger partial charge in [0.15, 0.2) is 0 Å². The molecule has 1 atom stereocenters. The molecule has 3 heterocycles. The summed E-state index contributed by atoms with van der Waals surface area (Å²) in [5.41, 5.74) is 5.72. The minimum absolute atomic E-state index is 0.101. The average molecular weight is 549 g/mol. The van der Waals surface area contributed by atoms with Gasteiger partial charge in [-0.05, 0) is 41.8 Å². The summed E-state index contributed by atoms with van der Waals surface area (Å²) in [6, 6.07) is 30.1. The molecule has 2 aromatic heterocycles. The van der Waals surface area contributed by atoms with Gasteiger partial charge in [-0.1, -0.05) is 60.7 Å². The van der Waals surface area contributed by atoms with Crippen molar-refractivity contribution in [2.45, 2.75) is 19.6 Å². The van der Waals surface area contributed by atoms with Gasteiger partial charge < -0.3 is 19.1 Å². The molecular formula is C33H32N4O4. The molecule has 0 radical (unpaired) electrons. The number of pyridine rings is 1. The predicted molar refractivity (Wildman–Crippen MR) is 158 cm³/mol. The van der Waals surface area contributed by atoms with Crippen molar-refractivity contribution in [2.75, 3.05) is 25.1 Å². The standard InChI is InChI=1S/C33H32N4O4/c1-36-29-19-26(37-18-17-25(20-37)33(38)39-2)13-14-27(29)31(35-36)28-15-16-30(40-21-23-9-5-3-6-10-23)34-32(28)41-22-24-11-7-4-8-12-24/h3-16,19,25H,17-18,20-22H2,1-2H3/t25-/m0/s1. The summed E-state index contributed by atoms with van der Waals surface area (Å²) in [7, 11) is 3.38. The molecule has 0 saturated carbocycles. The molecule has 5 aromatic rings. The summed E-state index contributed by atoms with van der Waals surface area (Å²) in [6.07, 6.45) is 0.786. The molecule has 8 heteroatoms. The molecule has 0 spiro atoms. The number of hydrogen-bond acceptors (Lipinski definition) is 7. The van der Waals surface area contributed by atoms with Crippen molar-refractivity contribution in [3.05, 3.63) is 102 Å². The number of nitrogens with zero attached hydrogens (tertiary/aromatic N) is 4. The number of ether oxygens (including phenoxy) is 3. The molecule has 0 unspecified atom stereocenters. The van der Waals surface area contributed by atoms with Crippen molar-refractivity contribution >= 4 is 22.6 Å². The minimum Gasteiger partial charge on any atom is -0.473 e. The first-order valence-corrected chi connectivity index (χ1v) is 13.7. The van der Waals surface area contributed by atoms with E-state index >= 15 is 0 Å². The molecule has 1 aliphatic heterocycles. The Hall–Kier alpha value is -4.85. The zero-order valence-corrected chi connectivity index (χ0v) is 23.2. The number of aromatic nitrogens is 3. The van der Waals surface area contributed by atoms with E-state index in [-0.39, 0.29) is 11.9 Å². The summed E-state index contributed by atoms with van der Waals surface area (Å²) in [5, 5.41) is 5.88. The van der Waals surface area contributed by atoms with Gasteiger partial charge in [-0.25, -0.2) is 0 Å². The molecule has 0 aliphatic carbocycles. The summed E-state index contributed by atoms with van der Waals surface area (Å²) >= 11 is 0. The quantitative estimate of drug-likeness (QED) is 0.216. The van der Waals surface area contributed by atoms with Crippen LogP contribution in [-0.2, 0) is 29.8 Å². The highest BCUT2D eigenvalue weighted by Gasteiger charge is 2.29. The second-order valence-corrected chi connectivity index (χ2v) is 10.2. The van der Waals surface area contributed by atoms with E-state index in [9.17, 15) is 4.79 Å². The van der Waals surface area contributed by atoms with Crippen molar-refractivity contribution in [3.63, 3.8) is 0 Å². The molecule has 1 aliphatic rings. The van der Waals surface area contributed by atoms with E-state index in [2.05, 4.69) is 23.1 Å². The predicted octanol–water partition coefficient (Wildman–Crippen LogP) is 5.79. The largest absolute Gasteiger partial charge is 0.473 e. The van der Waals surface area contributed by atoms with Crippen LogP contribution in [-0.4, -0.2) is 40.9 Å². The molecule has 3 aromatic carbocycles. The number of benzene rings is 3. The van der Waals surface area contributed by atoms with Crippen molar-refractivity contribution in [1.29, 1.82) is 0 Å². The zero-order valence-electron chi connectivity index (χ0n) is 23.2. The monoisotopic (exact) mass is 548 g/mol. The van der Waals surface area contributed by atoms with Gasteiger partial charge in [-0.15, -0.1) is 0 Å². The van der Waals surface area contributed by atoms with E-state index < -0.39 is 0 Å². The number of methoxy groups -OCH3 is 1. The minimum atomic E-state index is -0.150. The molecule has 6 rings (SSSR count). The number of carbonyl (C=O) groups is 1. The fourth-order valence-electron chi connectivity index (χ4n) is 5.25. The lowest BCUT2D eigenvalue weighted by atomic mass is 10.1. The number of aryl methyl sites for hydroxylation is 1. The summed E-state index contributed by atoms with van der Waals surface area (Å²) < 4.78 is 19.1. The second kappa shape index (κ2) is 11.7. The van der Waals surface area contributed by atoms with Gasteiger partial charge in [0.25, 0.3) is 0 Å². The fraction of sp³-hybridized carbons (Fsp3) is 0.242. The maximum Gasteiger partial charge on any atom is 0.310 e. The fourth-order valence-corrected chi connectivity index (χ4v) is 5.25. The van der Waals surface area contributed by atoms with Crippen molar-refractivity contribution < 1.29 is 19.0 Å². The Morgan fingerprint density at radius 1 is 0.902 bits per heavy atom. The Morgan fingerprint density at radius 3 is 2.32 bits per heavy atom. The van der Waals surface area contributed by atoms with E-state index in [0.29, 0.717) is 31.5 Å². The van der Waals surface area contributed by atoms with E-state index in [1.165, 1.54) is 7.11 Å². The number of esters is 1. The highest BCUT2D eigenvalue weighted by molar-refractivity contribution is 5.96. The van der Waals surface area contributed by atoms with Gasteiger partial charge in [0, 0.05) is 37.3 Å². The van der Waals surface area contributed by atoms with Crippen LogP contribution < -0.4 is 14.4 Å². The van der Waals surface area contributed by atoms with Gasteiger partial charge in [0.1, 0.15) is 18.9 Å². The molecule has 0 amide bonds. The molecule has 0 bridgehead atoms. The Balaban J connectivity index is 1.31. The number of hydrogen-bond donors (Lipinski definition) is 0. The average Bonchev–Trinajstić information content (AvgIpc) is 3.65. The summed E-state index contributed by atoms with van der Waals surface area (Å²) in [4.78, 5) is 19.0. The molecule has 208 valence electrons. The Bertz CT molecular complexity index is 1650. The first-order chi connectivity index (χ1) is 20.1. The maximum absolute atomic E-state index is 12.0. The van der Waals surface area contributed by atoms with E-state index in [1.54, 1.807) is 0 Å². The summed E-state index contributed by atoms with van der Waals surface area (Å²) in [6.45, 7) is 2.23. The van der Waals surface area contributed by atoms with Crippen LogP contribution in [0.5, 0.6) is 11.8 Å². The smallest absolute Gasteiger partial charge is 0.310 e. The first kappa shape index (κ1) is 26.4. The van der Waals surface area contributed by atoms with Crippen LogP contribution in [0.3, 0.4) is 0 Å². The van der Waals surface area contributed by atoms with Crippen LogP contribution in [0.4, 0.5) is 5.69 Å². The van der Waals surface area contributed by atoms with Gasteiger partial charge >= 0.3 is 5.97 Å². The van der Waals surface area contributed by atoms with Gasteiger partial charge in [-0.2, -0.15) is 10.1 Å². The maximum atomic E-state index is 12.0. The van der Waals surface area contributed by atoms with Crippen LogP contribution >= 0.6 is 0 Å². The normalized spacial score (nSPS) is 14.8. The van der Waals surface area contributed by atoms with Crippen LogP contribution in [0, 0.1) is 5.92 Å². The molecule has 41 heavy (non-hydrogen) atoms. The lowest BCUT2D eigenvalue weighted by Crippen LogP contribution is -2.23. The summed E-state index contributed by atoms with van der Waals surface area (Å²) in [5.74, 6) is 0.695. The first-order valence-electron chi connectivity index (χ1n) is 13.7. The third kappa shape index (κ3) is 5.72.